The third kappa shape index (κ3) is 3.30. The maximum atomic E-state index is 12.3. The molecular weight excluding hydrogens is 276 g/mol. The molecule has 0 bridgehead atoms. The minimum absolute atomic E-state index is 0.146. The number of amides is 2. The fourth-order valence-electron chi connectivity index (χ4n) is 2.68. The molecule has 1 aromatic rings. The van der Waals surface area contributed by atoms with Gasteiger partial charge in [-0.05, 0) is 29.7 Å². The van der Waals surface area contributed by atoms with Crippen LogP contribution in [0, 0.1) is 11.8 Å². The van der Waals surface area contributed by atoms with Gasteiger partial charge in [0.1, 0.15) is 4.88 Å². The molecule has 1 fully saturated rings. The molecule has 0 aliphatic carbocycles. The van der Waals surface area contributed by atoms with Crippen LogP contribution in [0.15, 0.2) is 11.4 Å². The second-order valence-corrected chi connectivity index (χ2v) is 6.35. The predicted octanol–water partition coefficient (Wildman–Crippen LogP) is 3.04. The van der Waals surface area contributed by atoms with Crippen LogP contribution in [0.25, 0.3) is 0 Å². The van der Waals surface area contributed by atoms with Gasteiger partial charge in [-0.1, -0.05) is 13.8 Å². The van der Waals surface area contributed by atoms with E-state index in [2.05, 4.69) is 19.2 Å². The van der Waals surface area contributed by atoms with Crippen LogP contribution in [-0.4, -0.2) is 37.1 Å². The molecule has 5 nitrogen and oxygen atoms in total. The van der Waals surface area contributed by atoms with Crippen molar-refractivity contribution in [3.8, 4) is 0 Å². The highest BCUT2D eigenvalue weighted by atomic mass is 32.1. The van der Waals surface area contributed by atoms with E-state index in [4.69, 9.17) is 4.74 Å². The van der Waals surface area contributed by atoms with Gasteiger partial charge in [-0.2, -0.15) is 0 Å². The first-order valence-corrected chi connectivity index (χ1v) is 7.61. The van der Waals surface area contributed by atoms with E-state index < -0.39 is 5.97 Å². The average molecular weight is 296 g/mol. The standard InChI is InChI=1S/C14H20N2O3S/c1-9-6-10(2)8-16(7-9)14(18)15-11-4-5-20-12(11)13(17)19-3/h4-5,9-10H,6-8H2,1-3H3,(H,15,18)/t9-,10+. The lowest BCUT2D eigenvalue weighted by Gasteiger charge is -2.34. The van der Waals surface area contributed by atoms with E-state index in [0.717, 1.165) is 19.5 Å². The Labute approximate surface area is 122 Å². The zero-order chi connectivity index (χ0) is 14.7. The number of likely N-dealkylation sites (tertiary alicyclic amines) is 1. The summed E-state index contributed by atoms with van der Waals surface area (Å²) in [6.07, 6.45) is 1.15. The number of nitrogens with one attached hydrogen (secondary N) is 1. The van der Waals surface area contributed by atoms with E-state index in [1.165, 1.54) is 18.4 Å². The highest BCUT2D eigenvalue weighted by Crippen LogP contribution is 2.25. The number of anilines is 1. The van der Waals surface area contributed by atoms with E-state index in [1.807, 2.05) is 4.90 Å². The van der Waals surface area contributed by atoms with Crippen LogP contribution in [0.1, 0.15) is 29.9 Å². The zero-order valence-corrected chi connectivity index (χ0v) is 12.8. The molecule has 0 unspecified atom stereocenters. The molecule has 1 saturated heterocycles. The van der Waals surface area contributed by atoms with Crippen molar-refractivity contribution in [1.82, 2.24) is 4.90 Å². The molecule has 1 aromatic heterocycles. The van der Waals surface area contributed by atoms with E-state index in [-0.39, 0.29) is 6.03 Å². The van der Waals surface area contributed by atoms with Crippen LogP contribution in [0.2, 0.25) is 0 Å². The van der Waals surface area contributed by atoms with Gasteiger partial charge in [-0.25, -0.2) is 9.59 Å². The van der Waals surface area contributed by atoms with E-state index >= 15 is 0 Å². The number of hydrogen-bond acceptors (Lipinski definition) is 4. The van der Waals surface area contributed by atoms with Crippen molar-refractivity contribution in [1.29, 1.82) is 0 Å². The SMILES string of the molecule is COC(=O)c1sccc1NC(=O)N1C[C@H](C)C[C@H](C)C1. The fraction of sp³-hybridized carbons (Fsp3) is 0.571. The van der Waals surface area contributed by atoms with Crippen LogP contribution in [0.3, 0.4) is 0 Å². The molecule has 0 saturated carbocycles. The van der Waals surface area contributed by atoms with Crippen molar-refractivity contribution >= 4 is 29.0 Å². The van der Waals surface area contributed by atoms with Crippen molar-refractivity contribution in [2.75, 3.05) is 25.5 Å². The fourth-order valence-corrected chi connectivity index (χ4v) is 3.45. The first-order chi connectivity index (χ1) is 9.51. The summed E-state index contributed by atoms with van der Waals surface area (Å²) in [4.78, 5) is 26.1. The summed E-state index contributed by atoms with van der Waals surface area (Å²) >= 11 is 1.26. The summed E-state index contributed by atoms with van der Waals surface area (Å²) < 4.78 is 4.70. The zero-order valence-electron chi connectivity index (χ0n) is 12.0. The number of piperidine rings is 1. The lowest BCUT2D eigenvalue weighted by atomic mass is 9.92. The van der Waals surface area contributed by atoms with Crippen molar-refractivity contribution in [2.45, 2.75) is 20.3 Å². The number of thiophene rings is 1. The Morgan fingerprint density at radius 2 is 2.00 bits per heavy atom. The number of nitrogens with zero attached hydrogens (tertiary/aromatic N) is 1. The quantitative estimate of drug-likeness (QED) is 0.853. The van der Waals surface area contributed by atoms with E-state index in [0.29, 0.717) is 22.4 Å². The van der Waals surface area contributed by atoms with Crippen LogP contribution >= 0.6 is 11.3 Å². The van der Waals surface area contributed by atoms with Gasteiger partial charge in [0.05, 0.1) is 12.8 Å². The number of urea groups is 1. The molecule has 0 aromatic carbocycles. The Balaban J connectivity index is 2.04. The normalized spacial score (nSPS) is 22.4. The minimum atomic E-state index is -0.421. The molecule has 2 heterocycles. The number of carbonyl (C=O) groups excluding carboxylic acids is 2. The highest BCUT2D eigenvalue weighted by molar-refractivity contribution is 7.12. The van der Waals surface area contributed by atoms with Gasteiger partial charge in [0.15, 0.2) is 0 Å². The van der Waals surface area contributed by atoms with Gasteiger partial charge in [0.2, 0.25) is 0 Å². The summed E-state index contributed by atoms with van der Waals surface area (Å²) in [6, 6.07) is 1.58. The van der Waals surface area contributed by atoms with Crippen molar-refractivity contribution in [3.63, 3.8) is 0 Å². The molecule has 1 N–H and O–H groups in total. The van der Waals surface area contributed by atoms with Crippen LogP contribution < -0.4 is 5.32 Å². The Morgan fingerprint density at radius 1 is 1.35 bits per heavy atom. The summed E-state index contributed by atoms with van der Waals surface area (Å²) in [5, 5.41) is 4.58. The highest BCUT2D eigenvalue weighted by Gasteiger charge is 2.26. The molecule has 1 aliphatic rings. The molecule has 0 spiro atoms. The number of rotatable bonds is 2. The van der Waals surface area contributed by atoms with Crippen molar-refractivity contribution in [2.24, 2.45) is 11.8 Å². The first-order valence-electron chi connectivity index (χ1n) is 6.73. The molecule has 110 valence electrons. The first kappa shape index (κ1) is 14.8. The third-order valence-electron chi connectivity index (χ3n) is 3.43. The predicted molar refractivity (Wildman–Crippen MR) is 79.2 cm³/mol. The lowest BCUT2D eigenvalue weighted by Crippen LogP contribution is -2.44. The Kier molecular flexibility index (Phi) is 4.65. The van der Waals surface area contributed by atoms with Crippen LogP contribution in [0.5, 0.6) is 0 Å². The number of ether oxygens (including phenoxy) is 1. The monoisotopic (exact) mass is 296 g/mol. The number of carbonyl (C=O) groups is 2. The average Bonchev–Trinajstić information content (AvgIpc) is 2.84. The van der Waals surface area contributed by atoms with Crippen LogP contribution in [-0.2, 0) is 4.74 Å². The minimum Gasteiger partial charge on any atom is -0.465 e. The molecule has 2 rings (SSSR count). The summed E-state index contributed by atoms with van der Waals surface area (Å²) in [7, 11) is 1.33. The van der Waals surface area contributed by atoms with Gasteiger partial charge in [0, 0.05) is 13.1 Å². The van der Waals surface area contributed by atoms with Gasteiger partial charge >= 0.3 is 12.0 Å². The Hall–Kier alpha value is -1.56. The molecule has 2 atom stereocenters. The lowest BCUT2D eigenvalue weighted by molar-refractivity contribution is 0.0607. The summed E-state index contributed by atoms with van der Waals surface area (Å²) in [5.74, 6) is 0.592. The second-order valence-electron chi connectivity index (χ2n) is 5.44. The summed E-state index contributed by atoms with van der Waals surface area (Å²) in [6.45, 7) is 5.82. The number of hydrogen-bond donors (Lipinski definition) is 1. The smallest absolute Gasteiger partial charge is 0.350 e. The third-order valence-corrected chi connectivity index (χ3v) is 4.33. The number of methoxy groups -OCH3 is 1. The van der Waals surface area contributed by atoms with Gasteiger partial charge < -0.3 is 15.0 Å². The molecule has 20 heavy (non-hydrogen) atoms. The summed E-state index contributed by atoms with van der Waals surface area (Å²) in [5.41, 5.74) is 0.526. The number of esters is 1. The largest absolute Gasteiger partial charge is 0.465 e. The van der Waals surface area contributed by atoms with Crippen molar-refractivity contribution in [3.05, 3.63) is 16.3 Å². The van der Waals surface area contributed by atoms with Gasteiger partial charge in [-0.15, -0.1) is 11.3 Å². The molecule has 2 amide bonds. The Morgan fingerprint density at radius 3 is 2.60 bits per heavy atom. The van der Waals surface area contributed by atoms with E-state index in [9.17, 15) is 9.59 Å². The molecular formula is C14H20N2O3S. The van der Waals surface area contributed by atoms with Crippen molar-refractivity contribution < 1.29 is 14.3 Å². The van der Waals surface area contributed by atoms with Gasteiger partial charge in [-0.3, -0.25) is 0 Å². The molecule has 0 radical (unpaired) electrons. The maximum Gasteiger partial charge on any atom is 0.350 e. The Bertz CT molecular complexity index is 490. The second kappa shape index (κ2) is 6.26. The molecule has 6 heteroatoms. The molecule has 1 aliphatic heterocycles. The maximum absolute atomic E-state index is 12.3. The topological polar surface area (TPSA) is 58.6 Å². The van der Waals surface area contributed by atoms with Gasteiger partial charge in [0.25, 0.3) is 0 Å². The van der Waals surface area contributed by atoms with E-state index in [1.54, 1.807) is 11.4 Å². The van der Waals surface area contributed by atoms with Crippen LogP contribution in [0.4, 0.5) is 10.5 Å².